The first-order valence-corrected chi connectivity index (χ1v) is 12.1. The minimum absolute atomic E-state index is 0.0867. The van der Waals surface area contributed by atoms with E-state index < -0.39 is 5.60 Å². The quantitative estimate of drug-likeness (QED) is 0.643. The normalized spacial score (nSPS) is 30.1. The van der Waals surface area contributed by atoms with Gasteiger partial charge in [0.1, 0.15) is 5.60 Å². The van der Waals surface area contributed by atoms with Crippen LogP contribution in [0.4, 0.5) is 10.5 Å². The van der Waals surface area contributed by atoms with Gasteiger partial charge in [-0.2, -0.15) is 0 Å². The fourth-order valence-electron chi connectivity index (χ4n) is 6.79. The maximum atomic E-state index is 13.0. The summed E-state index contributed by atoms with van der Waals surface area (Å²) in [5.41, 5.74) is 3.33. The summed E-state index contributed by atoms with van der Waals surface area (Å²) in [4.78, 5) is 17.6. The Bertz CT molecular complexity index is 819. The molecule has 1 aromatic carbocycles. The lowest BCUT2D eigenvalue weighted by atomic mass is 9.73. The van der Waals surface area contributed by atoms with Crippen molar-refractivity contribution in [3.8, 4) is 0 Å². The van der Waals surface area contributed by atoms with Crippen molar-refractivity contribution in [2.75, 3.05) is 31.1 Å². The monoisotopic (exact) mass is 410 g/mol. The zero-order chi connectivity index (χ0) is 21.1. The Balaban J connectivity index is 1.31. The van der Waals surface area contributed by atoms with Crippen molar-refractivity contribution in [1.29, 1.82) is 0 Å². The summed E-state index contributed by atoms with van der Waals surface area (Å²) in [5, 5.41) is 0. The summed E-state index contributed by atoms with van der Waals surface area (Å²) in [6.07, 6.45) is 8.02. The Morgan fingerprint density at radius 1 is 1.17 bits per heavy atom. The average Bonchev–Trinajstić information content (AvgIpc) is 3.36. The lowest BCUT2D eigenvalue weighted by Gasteiger charge is -2.41. The third kappa shape index (κ3) is 3.66. The van der Waals surface area contributed by atoms with Crippen LogP contribution in [-0.4, -0.2) is 42.8 Å². The third-order valence-corrected chi connectivity index (χ3v) is 8.28. The minimum Gasteiger partial charge on any atom is -0.443 e. The Morgan fingerprint density at radius 2 is 1.93 bits per heavy atom. The number of nitrogens with zero attached hydrogens (tertiary/aromatic N) is 2. The average molecular weight is 411 g/mol. The number of carbonyl (C=O) groups excluding carboxylic acids is 1. The summed E-state index contributed by atoms with van der Waals surface area (Å²) in [5.74, 6) is 2.97. The zero-order valence-corrected chi connectivity index (χ0v) is 19.2. The maximum absolute atomic E-state index is 13.0. The maximum Gasteiger partial charge on any atom is 0.414 e. The topological polar surface area (TPSA) is 32.8 Å². The van der Waals surface area contributed by atoms with Crippen LogP contribution in [0.2, 0.25) is 0 Å². The second-order valence-corrected chi connectivity index (χ2v) is 11.6. The summed E-state index contributed by atoms with van der Waals surface area (Å²) < 4.78 is 5.76. The van der Waals surface area contributed by atoms with Crippen LogP contribution in [0.25, 0.3) is 0 Å². The number of hydrogen-bond donors (Lipinski definition) is 0. The zero-order valence-electron chi connectivity index (χ0n) is 19.2. The lowest BCUT2D eigenvalue weighted by molar-refractivity contribution is 0.0569. The predicted molar refractivity (Wildman–Crippen MR) is 121 cm³/mol. The van der Waals surface area contributed by atoms with Gasteiger partial charge in [0, 0.05) is 18.5 Å². The third-order valence-electron chi connectivity index (χ3n) is 8.28. The van der Waals surface area contributed by atoms with Gasteiger partial charge in [-0.05, 0) is 102 Å². The number of rotatable bonds is 2. The van der Waals surface area contributed by atoms with Crippen molar-refractivity contribution in [1.82, 2.24) is 4.90 Å². The number of fused-ring (bicyclic) bond motifs is 4. The minimum atomic E-state index is -0.471. The molecule has 0 aromatic heterocycles. The molecule has 1 saturated heterocycles. The first kappa shape index (κ1) is 20.4. The predicted octanol–water partition coefficient (Wildman–Crippen LogP) is 5.52. The molecule has 5 rings (SSSR count). The number of hydrogen-bond acceptors (Lipinski definition) is 3. The van der Waals surface area contributed by atoms with Gasteiger partial charge in [0.05, 0.1) is 5.69 Å². The van der Waals surface area contributed by atoms with Gasteiger partial charge in [0.2, 0.25) is 0 Å². The molecule has 1 amide bonds. The summed E-state index contributed by atoms with van der Waals surface area (Å²) >= 11 is 0. The number of ether oxygens (including phenoxy) is 1. The first-order chi connectivity index (χ1) is 14.2. The van der Waals surface area contributed by atoms with E-state index >= 15 is 0 Å². The summed E-state index contributed by atoms with van der Waals surface area (Å²) in [7, 11) is 0. The van der Waals surface area contributed by atoms with Crippen LogP contribution < -0.4 is 4.90 Å². The van der Waals surface area contributed by atoms with Gasteiger partial charge >= 0.3 is 6.09 Å². The smallest absolute Gasteiger partial charge is 0.414 e. The van der Waals surface area contributed by atoms with E-state index in [1.807, 2.05) is 25.7 Å². The van der Waals surface area contributed by atoms with Gasteiger partial charge in [-0.15, -0.1) is 0 Å². The molecule has 2 aliphatic carbocycles. The molecule has 2 aliphatic heterocycles. The van der Waals surface area contributed by atoms with Crippen LogP contribution in [-0.2, 0) is 10.2 Å². The van der Waals surface area contributed by atoms with Crippen molar-refractivity contribution in [3.63, 3.8) is 0 Å². The molecule has 4 nitrogen and oxygen atoms in total. The van der Waals surface area contributed by atoms with E-state index in [9.17, 15) is 4.79 Å². The lowest BCUT2D eigenvalue weighted by Crippen LogP contribution is -2.48. The molecule has 1 spiro atoms. The Morgan fingerprint density at radius 3 is 2.57 bits per heavy atom. The fourth-order valence-corrected chi connectivity index (χ4v) is 6.79. The van der Waals surface area contributed by atoms with Crippen molar-refractivity contribution in [2.45, 2.75) is 77.2 Å². The summed E-state index contributed by atoms with van der Waals surface area (Å²) in [6, 6.07) is 6.58. The molecule has 2 saturated carbocycles. The summed E-state index contributed by atoms with van der Waals surface area (Å²) in [6.45, 7) is 12.4. The van der Waals surface area contributed by atoms with E-state index in [2.05, 4.69) is 30.0 Å². The van der Waals surface area contributed by atoms with Gasteiger partial charge < -0.3 is 9.64 Å². The number of amides is 1. The molecule has 2 heterocycles. The van der Waals surface area contributed by atoms with E-state index in [1.54, 1.807) is 0 Å². The molecular formula is C26H38N2O2. The van der Waals surface area contributed by atoms with Gasteiger partial charge in [0.15, 0.2) is 0 Å². The van der Waals surface area contributed by atoms with Crippen molar-refractivity contribution in [3.05, 3.63) is 29.3 Å². The number of benzene rings is 1. The molecule has 2 bridgehead atoms. The van der Waals surface area contributed by atoms with Gasteiger partial charge in [-0.1, -0.05) is 24.1 Å². The molecule has 0 radical (unpaired) electrons. The largest absolute Gasteiger partial charge is 0.443 e. The second-order valence-electron chi connectivity index (χ2n) is 11.6. The van der Waals surface area contributed by atoms with Crippen molar-refractivity contribution in [2.24, 2.45) is 17.8 Å². The number of carbonyl (C=O) groups is 1. The fraction of sp³-hybridized carbons (Fsp3) is 0.731. The molecule has 1 aromatic rings. The molecule has 3 atom stereocenters. The Labute approximate surface area is 182 Å². The van der Waals surface area contributed by atoms with Crippen LogP contribution in [0.15, 0.2) is 18.2 Å². The Hall–Kier alpha value is -1.55. The molecule has 30 heavy (non-hydrogen) atoms. The molecule has 4 heteroatoms. The second kappa shape index (κ2) is 7.25. The van der Waals surface area contributed by atoms with Gasteiger partial charge in [0.25, 0.3) is 0 Å². The highest BCUT2D eigenvalue weighted by molar-refractivity contribution is 5.91. The van der Waals surface area contributed by atoms with E-state index in [1.165, 1.54) is 43.4 Å². The molecule has 0 N–H and O–H groups in total. The van der Waals surface area contributed by atoms with Gasteiger partial charge in [-0.25, -0.2) is 4.79 Å². The van der Waals surface area contributed by atoms with Crippen molar-refractivity contribution < 1.29 is 9.53 Å². The van der Waals surface area contributed by atoms with E-state index in [4.69, 9.17) is 4.74 Å². The standard InChI is InChI=1S/C26H38N2O2/c1-18-5-8-23-22(13-18)26(17-28(23)24(29)30-25(2,3)4)9-11-27(12-10-26)16-21-15-19-6-7-20(21)14-19/h5,8,13,19-21H,6-7,9-12,14-17H2,1-4H3. The molecule has 3 fully saturated rings. The van der Waals surface area contributed by atoms with E-state index in [-0.39, 0.29) is 11.5 Å². The highest BCUT2D eigenvalue weighted by Crippen LogP contribution is 2.50. The molecule has 164 valence electrons. The Kier molecular flexibility index (Phi) is 4.92. The van der Waals surface area contributed by atoms with Crippen LogP contribution in [0, 0.1) is 24.7 Å². The first-order valence-electron chi connectivity index (χ1n) is 12.1. The highest BCUT2D eigenvalue weighted by Gasteiger charge is 2.48. The van der Waals surface area contributed by atoms with E-state index in [0.717, 1.165) is 55.9 Å². The van der Waals surface area contributed by atoms with Crippen LogP contribution in [0.5, 0.6) is 0 Å². The van der Waals surface area contributed by atoms with Crippen LogP contribution >= 0.6 is 0 Å². The highest BCUT2D eigenvalue weighted by atomic mass is 16.6. The number of piperidine rings is 1. The molecule has 3 unspecified atom stereocenters. The molecular weight excluding hydrogens is 372 g/mol. The van der Waals surface area contributed by atoms with Crippen LogP contribution in [0.1, 0.15) is 70.4 Å². The number of anilines is 1. The van der Waals surface area contributed by atoms with Gasteiger partial charge in [-0.3, -0.25) is 4.90 Å². The number of aryl methyl sites for hydroxylation is 1. The number of likely N-dealkylation sites (tertiary alicyclic amines) is 1. The molecule has 4 aliphatic rings. The van der Waals surface area contributed by atoms with Crippen molar-refractivity contribution >= 4 is 11.8 Å². The van der Waals surface area contributed by atoms with Crippen LogP contribution in [0.3, 0.4) is 0 Å². The SMILES string of the molecule is Cc1ccc2c(c1)C1(CCN(CC3CC4CCC3C4)CC1)CN2C(=O)OC(C)(C)C. The van der Waals surface area contributed by atoms with E-state index in [0.29, 0.717) is 0 Å².